The minimum Gasteiger partial charge on any atom is -0.392 e. The zero-order chi connectivity index (χ0) is 9.68. The minimum atomic E-state index is -0.362. The summed E-state index contributed by atoms with van der Waals surface area (Å²) in [6, 6.07) is 4.77. The minimum absolute atomic E-state index is 0.256. The molecule has 0 amide bonds. The molecule has 70 valence electrons. The van der Waals surface area contributed by atoms with Gasteiger partial charge in [-0.3, -0.25) is 0 Å². The van der Waals surface area contributed by atoms with Crippen LogP contribution in [0.2, 0.25) is 0 Å². The molecule has 1 N–H and O–H groups in total. The first kappa shape index (κ1) is 10.4. The Bertz CT molecular complexity index is 310. The summed E-state index contributed by atoms with van der Waals surface area (Å²) in [7, 11) is 0. The highest BCUT2D eigenvalue weighted by molar-refractivity contribution is 9.09. The smallest absolute Gasteiger partial charge is 0.129 e. The lowest BCUT2D eigenvalue weighted by Crippen LogP contribution is -1.89. The predicted molar refractivity (Wildman–Crippen MR) is 55.2 cm³/mol. The van der Waals surface area contributed by atoms with Gasteiger partial charge in [-0.1, -0.05) is 40.2 Å². The molecular weight excluding hydrogens is 235 g/mol. The van der Waals surface area contributed by atoms with E-state index in [4.69, 9.17) is 5.11 Å². The molecule has 0 fully saturated rings. The van der Waals surface area contributed by atoms with E-state index in [9.17, 15) is 4.39 Å². The third kappa shape index (κ3) is 2.94. The first-order chi connectivity index (χ1) is 6.27. The molecule has 0 bridgehead atoms. The van der Waals surface area contributed by atoms with Crippen LogP contribution in [0.3, 0.4) is 0 Å². The number of allylic oxidation sites excluding steroid dienone is 1. The maximum atomic E-state index is 13.1. The summed E-state index contributed by atoms with van der Waals surface area (Å²) < 4.78 is 13.1. The van der Waals surface area contributed by atoms with E-state index >= 15 is 0 Å². The Hall–Kier alpha value is -0.670. The zero-order valence-corrected chi connectivity index (χ0v) is 8.59. The molecule has 0 unspecified atom stereocenters. The lowest BCUT2D eigenvalue weighted by Gasteiger charge is -1.99. The number of alkyl halides is 1. The van der Waals surface area contributed by atoms with Gasteiger partial charge in [0, 0.05) is 10.9 Å². The van der Waals surface area contributed by atoms with Crippen LogP contribution in [-0.4, -0.2) is 10.4 Å². The highest BCUT2D eigenvalue weighted by Gasteiger charge is 1.99. The second-order valence-corrected chi connectivity index (χ2v) is 3.21. The van der Waals surface area contributed by atoms with Gasteiger partial charge in [0.05, 0.1) is 6.61 Å². The number of benzene rings is 1. The van der Waals surface area contributed by atoms with E-state index in [1.54, 1.807) is 12.1 Å². The summed E-state index contributed by atoms with van der Waals surface area (Å²) in [5.74, 6) is -0.362. The van der Waals surface area contributed by atoms with Crippen LogP contribution in [0.25, 0.3) is 6.08 Å². The lowest BCUT2D eigenvalue weighted by molar-refractivity contribution is 0.275. The third-order valence-corrected chi connectivity index (χ3v) is 2.02. The molecule has 0 saturated heterocycles. The van der Waals surface area contributed by atoms with Crippen molar-refractivity contribution in [1.82, 2.24) is 0 Å². The van der Waals surface area contributed by atoms with Gasteiger partial charge in [0.2, 0.25) is 0 Å². The standard InChI is InChI=1S/C10H10BrFO/c11-5-1-2-8-3-4-9(7-13)10(12)6-8/h1-4,6,13H,5,7H2. The second-order valence-electron chi connectivity index (χ2n) is 2.57. The Morgan fingerprint density at radius 2 is 2.23 bits per heavy atom. The molecule has 0 heterocycles. The van der Waals surface area contributed by atoms with Crippen LogP contribution in [0.1, 0.15) is 11.1 Å². The van der Waals surface area contributed by atoms with Crippen molar-refractivity contribution in [3.8, 4) is 0 Å². The number of hydrogen-bond acceptors (Lipinski definition) is 1. The predicted octanol–water partition coefficient (Wildman–Crippen LogP) is 2.73. The first-order valence-corrected chi connectivity index (χ1v) is 5.02. The van der Waals surface area contributed by atoms with Crippen LogP contribution in [0, 0.1) is 5.82 Å². The fourth-order valence-electron chi connectivity index (χ4n) is 0.976. The maximum Gasteiger partial charge on any atom is 0.129 e. The molecule has 0 radical (unpaired) electrons. The molecule has 1 rings (SSSR count). The first-order valence-electron chi connectivity index (χ1n) is 3.89. The summed E-state index contributed by atoms with van der Waals surface area (Å²) >= 11 is 3.23. The highest BCUT2D eigenvalue weighted by Crippen LogP contribution is 2.11. The Morgan fingerprint density at radius 1 is 1.46 bits per heavy atom. The molecule has 0 saturated carbocycles. The average molecular weight is 245 g/mol. The van der Waals surface area contributed by atoms with E-state index in [1.807, 2.05) is 12.2 Å². The third-order valence-electron chi connectivity index (χ3n) is 1.65. The molecule has 0 spiro atoms. The summed E-state index contributed by atoms with van der Waals surface area (Å²) in [5, 5.41) is 9.47. The summed E-state index contributed by atoms with van der Waals surface area (Å²) in [4.78, 5) is 0. The molecule has 0 aliphatic carbocycles. The number of hydrogen-bond donors (Lipinski definition) is 1. The summed E-state index contributed by atoms with van der Waals surface area (Å²) in [6.45, 7) is -0.256. The molecule has 0 aromatic heterocycles. The summed E-state index contributed by atoms with van der Waals surface area (Å²) in [5.41, 5.74) is 1.13. The van der Waals surface area contributed by atoms with Crippen LogP contribution in [0.4, 0.5) is 4.39 Å². The Morgan fingerprint density at radius 3 is 2.77 bits per heavy atom. The van der Waals surface area contributed by atoms with Crippen molar-refractivity contribution in [2.24, 2.45) is 0 Å². The summed E-state index contributed by atoms with van der Waals surface area (Å²) in [6.07, 6.45) is 3.70. The SMILES string of the molecule is OCc1ccc(C=CCBr)cc1F. The Kier molecular flexibility index (Phi) is 4.12. The van der Waals surface area contributed by atoms with E-state index in [1.165, 1.54) is 6.07 Å². The molecule has 1 nitrogen and oxygen atoms in total. The van der Waals surface area contributed by atoms with Crippen LogP contribution in [-0.2, 0) is 6.61 Å². The topological polar surface area (TPSA) is 20.2 Å². The molecule has 1 aromatic rings. The Balaban J connectivity index is 2.89. The molecule has 1 aromatic carbocycles. The van der Waals surface area contributed by atoms with E-state index in [-0.39, 0.29) is 12.4 Å². The fraction of sp³-hybridized carbons (Fsp3) is 0.200. The number of aliphatic hydroxyl groups excluding tert-OH is 1. The lowest BCUT2D eigenvalue weighted by atomic mass is 10.1. The van der Waals surface area contributed by atoms with Gasteiger partial charge >= 0.3 is 0 Å². The molecule has 0 atom stereocenters. The molecule has 0 aliphatic heterocycles. The van der Waals surface area contributed by atoms with Gasteiger partial charge in [-0.15, -0.1) is 0 Å². The quantitative estimate of drug-likeness (QED) is 0.812. The zero-order valence-electron chi connectivity index (χ0n) is 7.00. The van der Waals surface area contributed by atoms with Crippen LogP contribution >= 0.6 is 15.9 Å². The monoisotopic (exact) mass is 244 g/mol. The van der Waals surface area contributed by atoms with Crippen molar-refractivity contribution >= 4 is 22.0 Å². The van der Waals surface area contributed by atoms with E-state index in [2.05, 4.69) is 15.9 Å². The maximum absolute atomic E-state index is 13.1. The van der Waals surface area contributed by atoms with Crippen molar-refractivity contribution < 1.29 is 9.50 Å². The van der Waals surface area contributed by atoms with Crippen molar-refractivity contribution in [2.75, 3.05) is 5.33 Å². The van der Waals surface area contributed by atoms with Crippen molar-refractivity contribution in [2.45, 2.75) is 6.61 Å². The Labute approximate surface area is 85.0 Å². The van der Waals surface area contributed by atoms with E-state index in [0.29, 0.717) is 5.56 Å². The molecule has 13 heavy (non-hydrogen) atoms. The van der Waals surface area contributed by atoms with Gasteiger partial charge in [-0.05, 0) is 11.6 Å². The van der Waals surface area contributed by atoms with Gasteiger partial charge in [0.25, 0.3) is 0 Å². The van der Waals surface area contributed by atoms with Crippen molar-refractivity contribution in [3.63, 3.8) is 0 Å². The number of halogens is 2. The number of aliphatic hydroxyl groups is 1. The van der Waals surface area contributed by atoms with E-state index < -0.39 is 0 Å². The largest absolute Gasteiger partial charge is 0.392 e. The van der Waals surface area contributed by atoms with Crippen molar-refractivity contribution in [3.05, 3.63) is 41.2 Å². The second kappa shape index (κ2) is 5.14. The highest BCUT2D eigenvalue weighted by atomic mass is 79.9. The van der Waals surface area contributed by atoms with Gasteiger partial charge in [-0.25, -0.2) is 4.39 Å². The molecular formula is C10H10BrFO. The van der Waals surface area contributed by atoms with Crippen LogP contribution < -0.4 is 0 Å². The molecule has 3 heteroatoms. The average Bonchev–Trinajstić information content (AvgIpc) is 2.15. The fourth-order valence-corrected chi connectivity index (χ4v) is 1.16. The van der Waals surface area contributed by atoms with Gasteiger partial charge in [0.1, 0.15) is 5.82 Å². The normalized spacial score (nSPS) is 11.0. The van der Waals surface area contributed by atoms with Gasteiger partial charge in [0.15, 0.2) is 0 Å². The van der Waals surface area contributed by atoms with Gasteiger partial charge < -0.3 is 5.11 Å². The van der Waals surface area contributed by atoms with Crippen LogP contribution in [0.5, 0.6) is 0 Å². The molecule has 0 aliphatic rings. The van der Waals surface area contributed by atoms with Crippen molar-refractivity contribution in [1.29, 1.82) is 0 Å². The van der Waals surface area contributed by atoms with Crippen LogP contribution in [0.15, 0.2) is 24.3 Å². The van der Waals surface area contributed by atoms with E-state index in [0.717, 1.165) is 10.9 Å². The van der Waals surface area contributed by atoms with Gasteiger partial charge in [-0.2, -0.15) is 0 Å². The number of rotatable bonds is 3.